The Balaban J connectivity index is 2.49. The number of amides is 1. The van der Waals surface area contributed by atoms with Gasteiger partial charge in [-0.3, -0.25) is 9.10 Å². The van der Waals surface area contributed by atoms with Crippen molar-refractivity contribution in [1.29, 1.82) is 0 Å². The number of methoxy groups -OCH3 is 2. The number of hydrogen-bond donors (Lipinski definition) is 1. The molecule has 2 rings (SSSR count). The number of sulfonamides is 1. The quantitative estimate of drug-likeness (QED) is 0.616. The number of carbonyl (C=O) groups excluding carboxylic acids is 3. The number of hydrogen-bond acceptors (Lipinski definition) is 7. The lowest BCUT2D eigenvalue weighted by atomic mass is 10.1. The van der Waals surface area contributed by atoms with E-state index in [1.165, 1.54) is 32.4 Å². The van der Waals surface area contributed by atoms with Gasteiger partial charge in [-0.25, -0.2) is 18.0 Å². The minimum atomic E-state index is -3.82. The molecule has 0 saturated carbocycles. The molecule has 2 aromatic rings. The lowest BCUT2D eigenvalue weighted by Gasteiger charge is -2.30. The summed E-state index contributed by atoms with van der Waals surface area (Å²) in [6.07, 6.45) is 1.16. The van der Waals surface area contributed by atoms with Gasteiger partial charge in [0.15, 0.2) is 0 Å². The first-order valence-electron chi connectivity index (χ1n) is 9.30. The zero-order valence-electron chi connectivity index (χ0n) is 17.6. The minimum absolute atomic E-state index is 0.000266. The number of anilines is 2. The predicted molar refractivity (Wildman–Crippen MR) is 116 cm³/mol. The fourth-order valence-corrected chi connectivity index (χ4v) is 4.24. The van der Waals surface area contributed by atoms with E-state index in [1.807, 2.05) is 0 Å². The Kier molecular flexibility index (Phi) is 7.76. The molecule has 0 saturated heterocycles. The van der Waals surface area contributed by atoms with E-state index >= 15 is 0 Å². The second-order valence-electron chi connectivity index (χ2n) is 6.55. The number of esters is 2. The zero-order valence-corrected chi connectivity index (χ0v) is 18.4. The Bertz CT molecular complexity index is 1070. The molecule has 2 aromatic carbocycles. The first-order valence-corrected chi connectivity index (χ1v) is 11.1. The molecule has 166 valence electrons. The average Bonchev–Trinajstić information content (AvgIpc) is 2.75. The Morgan fingerprint density at radius 2 is 1.61 bits per heavy atom. The van der Waals surface area contributed by atoms with Crippen molar-refractivity contribution < 1.29 is 32.3 Å². The van der Waals surface area contributed by atoms with Crippen molar-refractivity contribution in [2.75, 3.05) is 30.1 Å². The summed E-state index contributed by atoms with van der Waals surface area (Å²) in [6.45, 7) is 1.66. The van der Waals surface area contributed by atoms with Gasteiger partial charge in [0, 0.05) is 0 Å². The van der Waals surface area contributed by atoms with E-state index in [0.717, 1.165) is 10.6 Å². The highest BCUT2D eigenvalue weighted by atomic mass is 32.2. The molecular formula is C21H24N2O7S. The lowest BCUT2D eigenvalue weighted by molar-refractivity contribution is -0.117. The van der Waals surface area contributed by atoms with Crippen LogP contribution in [-0.2, 0) is 24.3 Å². The standard InChI is InChI=1S/C21H24N2O7S/c1-5-18(23(31(4,27)28)15-9-7-6-8-10-15)19(24)22-17-13-14(20(25)29-2)11-12-16(17)21(26)30-3/h6-13,18H,5H2,1-4H3,(H,22,24)/t18-/m0/s1. The summed E-state index contributed by atoms with van der Waals surface area (Å²) in [7, 11) is -1.44. The van der Waals surface area contributed by atoms with Crippen LogP contribution in [0.15, 0.2) is 48.5 Å². The average molecular weight is 448 g/mol. The van der Waals surface area contributed by atoms with Gasteiger partial charge in [-0.15, -0.1) is 0 Å². The molecule has 0 unspecified atom stereocenters. The van der Waals surface area contributed by atoms with Gasteiger partial charge in [0.25, 0.3) is 0 Å². The molecule has 1 N–H and O–H groups in total. The summed E-state index contributed by atoms with van der Waals surface area (Å²) < 4.78 is 35.4. The summed E-state index contributed by atoms with van der Waals surface area (Å²) >= 11 is 0. The van der Waals surface area contributed by atoms with Crippen LogP contribution < -0.4 is 9.62 Å². The Morgan fingerprint density at radius 1 is 1.00 bits per heavy atom. The third-order valence-corrected chi connectivity index (χ3v) is 5.62. The summed E-state index contributed by atoms with van der Waals surface area (Å²) in [5, 5.41) is 2.56. The molecular weight excluding hydrogens is 424 g/mol. The van der Waals surface area contributed by atoms with Crippen LogP contribution in [0.1, 0.15) is 34.1 Å². The molecule has 1 amide bonds. The van der Waals surface area contributed by atoms with Crippen molar-refractivity contribution in [3.8, 4) is 0 Å². The summed E-state index contributed by atoms with van der Waals surface area (Å²) in [5.74, 6) is -2.08. The molecule has 0 aliphatic rings. The van der Waals surface area contributed by atoms with Gasteiger partial charge in [0.05, 0.1) is 43.0 Å². The number of carbonyl (C=O) groups is 3. The van der Waals surface area contributed by atoms with Crippen LogP contribution in [0, 0.1) is 0 Å². The molecule has 0 spiro atoms. The molecule has 0 aromatic heterocycles. The molecule has 31 heavy (non-hydrogen) atoms. The van der Waals surface area contributed by atoms with Gasteiger partial charge >= 0.3 is 11.9 Å². The number of ether oxygens (including phenoxy) is 2. The van der Waals surface area contributed by atoms with Gasteiger partial charge in [0.1, 0.15) is 6.04 Å². The van der Waals surface area contributed by atoms with Crippen LogP contribution in [0.5, 0.6) is 0 Å². The molecule has 0 fully saturated rings. The minimum Gasteiger partial charge on any atom is -0.465 e. The van der Waals surface area contributed by atoms with Crippen LogP contribution in [-0.4, -0.2) is 52.8 Å². The third-order valence-electron chi connectivity index (χ3n) is 4.44. The topological polar surface area (TPSA) is 119 Å². The molecule has 0 heterocycles. The Labute approximate surface area is 181 Å². The van der Waals surface area contributed by atoms with Crippen LogP contribution in [0.2, 0.25) is 0 Å². The van der Waals surface area contributed by atoms with Gasteiger partial charge in [-0.05, 0) is 36.8 Å². The van der Waals surface area contributed by atoms with Crippen molar-refractivity contribution in [2.45, 2.75) is 19.4 Å². The van der Waals surface area contributed by atoms with E-state index in [2.05, 4.69) is 10.1 Å². The molecule has 0 aliphatic carbocycles. The maximum absolute atomic E-state index is 13.1. The predicted octanol–water partition coefficient (Wildman–Crippen LogP) is 2.44. The Hall–Kier alpha value is -3.40. The van der Waals surface area contributed by atoms with Crippen LogP contribution >= 0.6 is 0 Å². The summed E-state index contributed by atoms with van der Waals surface area (Å²) in [4.78, 5) is 37.1. The van der Waals surface area contributed by atoms with Gasteiger partial charge < -0.3 is 14.8 Å². The molecule has 1 atom stereocenters. The van der Waals surface area contributed by atoms with Crippen LogP contribution in [0.25, 0.3) is 0 Å². The molecule has 9 nitrogen and oxygen atoms in total. The highest BCUT2D eigenvalue weighted by Crippen LogP contribution is 2.25. The number of benzene rings is 2. The molecule has 0 radical (unpaired) electrons. The van der Waals surface area contributed by atoms with Gasteiger partial charge in [-0.1, -0.05) is 25.1 Å². The van der Waals surface area contributed by atoms with E-state index in [4.69, 9.17) is 4.74 Å². The van der Waals surface area contributed by atoms with Gasteiger partial charge in [-0.2, -0.15) is 0 Å². The molecule has 0 aliphatic heterocycles. The smallest absolute Gasteiger partial charge is 0.339 e. The first kappa shape index (κ1) is 23.9. The largest absolute Gasteiger partial charge is 0.465 e. The van der Waals surface area contributed by atoms with Crippen molar-refractivity contribution >= 4 is 39.2 Å². The van der Waals surface area contributed by atoms with E-state index in [-0.39, 0.29) is 23.2 Å². The van der Waals surface area contributed by atoms with Crippen molar-refractivity contribution in [1.82, 2.24) is 0 Å². The van der Waals surface area contributed by atoms with Gasteiger partial charge in [0.2, 0.25) is 15.9 Å². The van der Waals surface area contributed by atoms with E-state index < -0.39 is 33.9 Å². The SMILES string of the molecule is CC[C@@H](C(=O)Nc1cc(C(=O)OC)ccc1C(=O)OC)N(c1ccccc1)S(C)(=O)=O. The fourth-order valence-electron chi connectivity index (χ4n) is 3.03. The molecule has 10 heteroatoms. The fraction of sp³-hybridized carbons (Fsp3) is 0.286. The number of nitrogens with one attached hydrogen (secondary N) is 1. The number of rotatable bonds is 8. The first-order chi connectivity index (χ1) is 14.6. The van der Waals surface area contributed by atoms with E-state index in [0.29, 0.717) is 5.69 Å². The second kappa shape index (κ2) is 10.1. The Morgan fingerprint density at radius 3 is 2.13 bits per heavy atom. The third kappa shape index (κ3) is 5.60. The number of nitrogens with zero attached hydrogens (tertiary/aromatic N) is 1. The second-order valence-corrected chi connectivity index (χ2v) is 8.41. The lowest BCUT2D eigenvalue weighted by Crippen LogP contribution is -2.47. The van der Waals surface area contributed by atoms with E-state index in [1.54, 1.807) is 37.3 Å². The summed E-state index contributed by atoms with van der Waals surface area (Å²) in [6, 6.07) is 11.1. The monoisotopic (exact) mass is 448 g/mol. The highest BCUT2D eigenvalue weighted by Gasteiger charge is 2.32. The maximum atomic E-state index is 13.1. The van der Waals surface area contributed by atoms with E-state index in [9.17, 15) is 22.8 Å². The normalized spacial score (nSPS) is 11.9. The summed E-state index contributed by atoms with van der Waals surface area (Å²) in [5.41, 5.74) is 0.425. The molecule has 0 bridgehead atoms. The highest BCUT2D eigenvalue weighted by molar-refractivity contribution is 7.92. The van der Waals surface area contributed by atoms with Crippen LogP contribution in [0.3, 0.4) is 0 Å². The van der Waals surface area contributed by atoms with Crippen molar-refractivity contribution in [2.24, 2.45) is 0 Å². The zero-order chi connectivity index (χ0) is 23.2. The maximum Gasteiger partial charge on any atom is 0.339 e. The van der Waals surface area contributed by atoms with Crippen LogP contribution in [0.4, 0.5) is 11.4 Å². The van der Waals surface area contributed by atoms with Crippen molar-refractivity contribution in [3.63, 3.8) is 0 Å². The number of para-hydroxylation sites is 1. The van der Waals surface area contributed by atoms with Crippen molar-refractivity contribution in [3.05, 3.63) is 59.7 Å².